The van der Waals surface area contributed by atoms with Crippen molar-refractivity contribution in [2.45, 2.75) is 52.6 Å². The third kappa shape index (κ3) is 9.78. The molecule has 3 heterocycles. The van der Waals surface area contributed by atoms with Gasteiger partial charge in [0, 0.05) is 35.5 Å². The van der Waals surface area contributed by atoms with E-state index >= 15 is 0 Å². The van der Waals surface area contributed by atoms with Gasteiger partial charge in [0.2, 0.25) is 11.8 Å². The van der Waals surface area contributed by atoms with Gasteiger partial charge in [0.25, 0.3) is 5.91 Å². The summed E-state index contributed by atoms with van der Waals surface area (Å²) in [5.74, 6) is 0.393. The number of anilines is 1. The first kappa shape index (κ1) is 38.1. The van der Waals surface area contributed by atoms with Gasteiger partial charge in [-0.15, -0.1) is 0 Å². The Balaban J connectivity index is 1.28. The van der Waals surface area contributed by atoms with Crippen molar-refractivity contribution in [1.29, 1.82) is 0 Å². The third-order valence-corrected chi connectivity index (χ3v) is 8.77. The van der Waals surface area contributed by atoms with E-state index in [0.717, 1.165) is 40.8 Å². The van der Waals surface area contributed by atoms with Gasteiger partial charge < -0.3 is 45.2 Å². The average Bonchev–Trinajstić information content (AvgIpc) is 3.84. The number of alkyl carbamates (subject to hydrolysis) is 2. The number of aromatic nitrogens is 4. The molecule has 0 fully saturated rings. The summed E-state index contributed by atoms with van der Waals surface area (Å²) in [6, 6.07) is 11.6. The lowest BCUT2D eigenvalue weighted by molar-refractivity contribution is -0.131. The molecule has 4 aromatic rings. The number of ether oxygens (including phenoxy) is 2. The zero-order valence-corrected chi connectivity index (χ0v) is 30.3. The third-order valence-electron chi connectivity index (χ3n) is 8.77. The van der Waals surface area contributed by atoms with E-state index in [0.29, 0.717) is 54.5 Å². The number of rotatable bonds is 14. The normalized spacial score (nSPS) is 12.0. The Bertz CT molecular complexity index is 1950. The minimum atomic E-state index is -0.678. The molecule has 5 rings (SSSR count). The number of hydrogen-bond acceptors (Lipinski definition) is 9. The molecule has 0 saturated carbocycles. The summed E-state index contributed by atoms with van der Waals surface area (Å²) in [4.78, 5) is 80.9. The molecule has 5 amide bonds. The summed E-state index contributed by atoms with van der Waals surface area (Å²) < 4.78 is 9.12. The van der Waals surface area contributed by atoms with Crippen LogP contribution in [0.15, 0.2) is 48.8 Å². The SMILES string of the molecule is CCCN(Cc1ncc(-c2ccc3c(c2)NC(=O)c2cc(-c4cnc(CN(CCC)C(=O)CNC(=O)OC)[nH]4)ccc2CC3)[nH]1)C(=O)CNC(=O)OC. The zero-order valence-electron chi connectivity index (χ0n) is 30.3. The number of nitrogens with one attached hydrogen (secondary N) is 5. The van der Waals surface area contributed by atoms with E-state index in [9.17, 15) is 24.0 Å². The lowest BCUT2D eigenvalue weighted by Gasteiger charge is -2.21. The maximum absolute atomic E-state index is 13.7. The highest BCUT2D eigenvalue weighted by atomic mass is 16.5. The number of fused-ring (bicyclic) bond motifs is 2. The number of hydrogen-bond donors (Lipinski definition) is 5. The molecule has 16 nitrogen and oxygen atoms in total. The molecule has 53 heavy (non-hydrogen) atoms. The number of carbonyl (C=O) groups is 5. The fraction of sp³-hybridized carbons (Fsp3) is 0.378. The maximum Gasteiger partial charge on any atom is 0.407 e. The molecule has 0 bridgehead atoms. The Labute approximate surface area is 307 Å². The van der Waals surface area contributed by atoms with Gasteiger partial charge in [0.05, 0.1) is 51.1 Å². The van der Waals surface area contributed by atoms with E-state index < -0.39 is 12.2 Å². The molecule has 0 atom stereocenters. The topological polar surface area (TPSA) is 204 Å². The van der Waals surface area contributed by atoms with Gasteiger partial charge in [-0.05, 0) is 48.9 Å². The lowest BCUT2D eigenvalue weighted by Crippen LogP contribution is -2.40. The first-order valence-electron chi connectivity index (χ1n) is 17.5. The minimum Gasteiger partial charge on any atom is -0.453 e. The van der Waals surface area contributed by atoms with Gasteiger partial charge in [-0.1, -0.05) is 38.1 Å². The van der Waals surface area contributed by atoms with Gasteiger partial charge in [-0.3, -0.25) is 14.4 Å². The zero-order chi connectivity index (χ0) is 37.9. The van der Waals surface area contributed by atoms with E-state index in [2.05, 4.69) is 45.4 Å². The quantitative estimate of drug-likeness (QED) is 0.127. The summed E-state index contributed by atoms with van der Waals surface area (Å²) >= 11 is 0. The Hall–Kier alpha value is -6.19. The molecule has 16 heteroatoms. The highest BCUT2D eigenvalue weighted by molar-refractivity contribution is 6.07. The molecular weight excluding hydrogens is 682 g/mol. The van der Waals surface area contributed by atoms with Crippen LogP contribution < -0.4 is 16.0 Å². The molecule has 0 radical (unpaired) electrons. The number of methoxy groups -OCH3 is 2. The van der Waals surface area contributed by atoms with Crippen LogP contribution in [0.25, 0.3) is 22.5 Å². The van der Waals surface area contributed by atoms with Crippen LogP contribution in [0.4, 0.5) is 15.3 Å². The van der Waals surface area contributed by atoms with Crippen molar-refractivity contribution >= 4 is 35.6 Å². The number of aryl methyl sites for hydroxylation is 2. The molecule has 0 unspecified atom stereocenters. The number of aromatic amines is 2. The molecule has 0 spiro atoms. The molecule has 2 aromatic heterocycles. The fourth-order valence-corrected chi connectivity index (χ4v) is 6.04. The highest BCUT2D eigenvalue weighted by Crippen LogP contribution is 2.30. The van der Waals surface area contributed by atoms with Gasteiger partial charge in [-0.2, -0.15) is 0 Å². The second-order valence-electron chi connectivity index (χ2n) is 12.5. The number of benzene rings is 2. The first-order chi connectivity index (χ1) is 25.6. The van der Waals surface area contributed by atoms with Crippen molar-refractivity contribution in [2.75, 3.05) is 45.7 Å². The smallest absolute Gasteiger partial charge is 0.407 e. The molecule has 2 aromatic carbocycles. The molecule has 280 valence electrons. The number of carbonyl (C=O) groups excluding carboxylic acids is 5. The lowest BCUT2D eigenvalue weighted by atomic mass is 9.93. The average molecular weight is 728 g/mol. The van der Waals surface area contributed by atoms with Crippen molar-refractivity contribution < 1.29 is 33.4 Å². The second kappa shape index (κ2) is 17.8. The standard InChI is InChI=1S/C37H45N9O7/c1-5-13-45(33(47)19-40-36(50)52-3)21-31-38-17-29(42-31)25-11-8-23-7-9-24-10-12-26(16-28(24)44-35(49)27(23)15-25)30-18-39-32(43-30)22-46(14-6-2)34(48)20-41-37(51)53-4/h8,10-12,15-18H,5-7,9,13-14,19-22H2,1-4H3,(H,38,42)(H,39,43)(H,40,50)(H,41,51)(H,44,49). The Kier molecular flexibility index (Phi) is 12.8. The van der Waals surface area contributed by atoms with Crippen LogP contribution in [0.1, 0.15) is 59.8 Å². The monoisotopic (exact) mass is 727 g/mol. The summed E-state index contributed by atoms with van der Waals surface area (Å²) in [6.07, 6.45) is 4.85. The molecule has 1 aliphatic rings. The number of H-pyrrole nitrogens is 2. The maximum atomic E-state index is 13.7. The van der Waals surface area contributed by atoms with Crippen LogP contribution in [0.3, 0.4) is 0 Å². The van der Waals surface area contributed by atoms with Crippen molar-refractivity contribution in [3.8, 4) is 22.5 Å². The van der Waals surface area contributed by atoms with Crippen molar-refractivity contribution in [3.05, 3.63) is 77.1 Å². The van der Waals surface area contributed by atoms with Gasteiger partial charge in [0.1, 0.15) is 24.7 Å². The van der Waals surface area contributed by atoms with Crippen molar-refractivity contribution in [2.24, 2.45) is 0 Å². The fourth-order valence-electron chi connectivity index (χ4n) is 6.04. The number of imidazole rings is 2. The van der Waals surface area contributed by atoms with E-state index in [4.69, 9.17) is 0 Å². The van der Waals surface area contributed by atoms with Crippen molar-refractivity contribution in [1.82, 2.24) is 40.4 Å². The predicted molar refractivity (Wildman–Crippen MR) is 196 cm³/mol. The number of nitrogens with zero attached hydrogens (tertiary/aromatic N) is 4. The van der Waals surface area contributed by atoms with E-state index in [1.807, 2.05) is 50.2 Å². The summed E-state index contributed by atoms with van der Waals surface area (Å²) in [5, 5.41) is 7.95. The van der Waals surface area contributed by atoms with Crippen LogP contribution in [0.2, 0.25) is 0 Å². The van der Waals surface area contributed by atoms with Crippen LogP contribution >= 0.6 is 0 Å². The Morgan fingerprint density at radius 3 is 1.74 bits per heavy atom. The molecule has 1 aliphatic heterocycles. The number of amides is 5. The van der Waals surface area contributed by atoms with Crippen LogP contribution in [0, 0.1) is 0 Å². The molecule has 0 aliphatic carbocycles. The summed E-state index contributed by atoms with van der Waals surface area (Å²) in [7, 11) is 2.48. The van der Waals surface area contributed by atoms with E-state index in [-0.39, 0.29) is 43.9 Å². The van der Waals surface area contributed by atoms with E-state index in [1.54, 1.807) is 22.2 Å². The summed E-state index contributed by atoms with van der Waals surface area (Å²) in [5.41, 5.74) is 6.19. The van der Waals surface area contributed by atoms with Gasteiger partial charge in [0.15, 0.2) is 0 Å². The van der Waals surface area contributed by atoms with E-state index in [1.165, 1.54) is 14.2 Å². The highest BCUT2D eigenvalue weighted by Gasteiger charge is 2.22. The van der Waals surface area contributed by atoms with Gasteiger partial charge >= 0.3 is 12.2 Å². The molecular formula is C37H45N9O7. The van der Waals surface area contributed by atoms with Crippen LogP contribution in [0.5, 0.6) is 0 Å². The van der Waals surface area contributed by atoms with Crippen LogP contribution in [-0.4, -0.2) is 100 Å². The minimum absolute atomic E-state index is 0.183. The Morgan fingerprint density at radius 1 is 0.736 bits per heavy atom. The largest absolute Gasteiger partial charge is 0.453 e. The van der Waals surface area contributed by atoms with Gasteiger partial charge in [-0.25, -0.2) is 19.6 Å². The molecule has 5 N–H and O–H groups in total. The second-order valence-corrected chi connectivity index (χ2v) is 12.5. The Morgan fingerprint density at radius 2 is 1.23 bits per heavy atom. The molecule has 0 saturated heterocycles. The predicted octanol–water partition coefficient (Wildman–Crippen LogP) is 4.01. The van der Waals surface area contributed by atoms with Crippen LogP contribution in [-0.2, 0) is 45.0 Å². The first-order valence-corrected chi connectivity index (χ1v) is 17.5. The van der Waals surface area contributed by atoms with Crippen molar-refractivity contribution in [3.63, 3.8) is 0 Å². The summed E-state index contributed by atoms with van der Waals surface area (Å²) in [6.45, 7) is 4.98.